The summed E-state index contributed by atoms with van der Waals surface area (Å²) in [4.78, 5) is 36.1. The predicted octanol–water partition coefficient (Wildman–Crippen LogP) is 2.28. The summed E-state index contributed by atoms with van der Waals surface area (Å²) in [5, 5.41) is 5.22. The van der Waals surface area contributed by atoms with Crippen LogP contribution in [0.4, 0.5) is 4.39 Å². The fourth-order valence-corrected chi connectivity index (χ4v) is 3.29. The van der Waals surface area contributed by atoms with Gasteiger partial charge >= 0.3 is 0 Å². The normalized spacial score (nSPS) is 13.4. The summed E-state index contributed by atoms with van der Waals surface area (Å²) in [6, 6.07) is 3.73. The first-order chi connectivity index (χ1) is 13.7. The van der Waals surface area contributed by atoms with Gasteiger partial charge in [0.1, 0.15) is 26.0 Å². The summed E-state index contributed by atoms with van der Waals surface area (Å²) in [7, 11) is -1.86. The molecule has 0 bridgehead atoms. The lowest BCUT2D eigenvalue weighted by molar-refractivity contribution is -0.130. The molecule has 0 saturated heterocycles. The number of primary amides is 1. The molecule has 2 atom stereocenters. The van der Waals surface area contributed by atoms with Gasteiger partial charge in [0.25, 0.3) is 0 Å². The second-order valence-electron chi connectivity index (χ2n) is 8.93. The fourth-order valence-electron chi connectivity index (χ4n) is 2.37. The number of benzene rings is 1. The first kappa shape index (κ1) is 25.4. The highest BCUT2D eigenvalue weighted by Gasteiger charge is 2.33. The Bertz CT molecular complexity index is 836. The first-order valence-electron chi connectivity index (χ1n) is 9.84. The summed E-state index contributed by atoms with van der Waals surface area (Å²) < 4.78 is 13.1. The first-order valence-corrected chi connectivity index (χ1v) is 12.8. The van der Waals surface area contributed by atoms with Gasteiger partial charge in [-0.05, 0) is 22.7 Å². The van der Waals surface area contributed by atoms with E-state index in [-0.39, 0.29) is 17.9 Å². The minimum Gasteiger partial charge on any atom is -0.368 e. The number of rotatable bonds is 7. The van der Waals surface area contributed by atoms with Gasteiger partial charge in [0.2, 0.25) is 17.7 Å². The fraction of sp³-hybridized carbons (Fsp3) is 0.500. The molecule has 0 aliphatic rings. The number of halogens is 1. The van der Waals surface area contributed by atoms with Crippen LogP contribution in [-0.4, -0.2) is 37.9 Å². The summed E-state index contributed by atoms with van der Waals surface area (Å²) in [6.07, 6.45) is 0.240. The van der Waals surface area contributed by atoms with Crippen LogP contribution in [0.2, 0.25) is 18.1 Å². The van der Waals surface area contributed by atoms with Crippen LogP contribution in [-0.2, 0) is 20.8 Å². The van der Waals surface area contributed by atoms with Gasteiger partial charge in [-0.25, -0.2) is 4.39 Å². The molecule has 3 amide bonds. The summed E-state index contributed by atoms with van der Waals surface area (Å²) in [5.74, 6) is 0.983. The Hall–Kier alpha value is -2.66. The topological polar surface area (TPSA) is 101 Å². The molecule has 0 spiro atoms. The van der Waals surface area contributed by atoms with E-state index in [0.29, 0.717) is 5.56 Å². The second-order valence-corrected chi connectivity index (χ2v) is 13.9. The summed E-state index contributed by atoms with van der Waals surface area (Å²) in [6.45, 7) is 12.0. The average molecular weight is 434 g/mol. The molecule has 4 N–H and O–H groups in total. The zero-order chi connectivity index (χ0) is 23.1. The largest absolute Gasteiger partial charge is 0.368 e. The molecule has 0 saturated carbocycles. The molecule has 6 nitrogen and oxygen atoms in total. The van der Waals surface area contributed by atoms with Crippen molar-refractivity contribution in [2.75, 3.05) is 0 Å². The third kappa shape index (κ3) is 7.99. The van der Waals surface area contributed by atoms with Gasteiger partial charge in [-0.1, -0.05) is 46.0 Å². The van der Waals surface area contributed by atoms with Crippen molar-refractivity contribution in [1.82, 2.24) is 10.6 Å². The van der Waals surface area contributed by atoms with E-state index in [0.717, 1.165) is 0 Å². The second kappa shape index (κ2) is 10.4. The maximum atomic E-state index is 13.1. The Balaban J connectivity index is 2.93. The quantitative estimate of drug-likeness (QED) is 0.454. The van der Waals surface area contributed by atoms with Crippen molar-refractivity contribution in [2.24, 2.45) is 5.73 Å². The molecule has 1 rings (SSSR count). The number of carbonyl (C=O) groups excluding carboxylic acids is 3. The van der Waals surface area contributed by atoms with Gasteiger partial charge in [0, 0.05) is 19.8 Å². The minimum absolute atomic E-state index is 0.0666. The van der Waals surface area contributed by atoms with Crippen LogP contribution < -0.4 is 16.4 Å². The van der Waals surface area contributed by atoms with Crippen LogP contribution in [0.5, 0.6) is 0 Å². The lowest BCUT2D eigenvalue weighted by atomic mass is 10.0. The highest BCUT2D eigenvalue weighted by molar-refractivity contribution is 6.87. The van der Waals surface area contributed by atoms with Crippen molar-refractivity contribution in [3.63, 3.8) is 0 Å². The van der Waals surface area contributed by atoms with Gasteiger partial charge < -0.3 is 16.4 Å². The van der Waals surface area contributed by atoms with E-state index in [4.69, 9.17) is 5.73 Å². The third-order valence-electron chi connectivity index (χ3n) is 5.29. The number of amides is 3. The Labute approximate surface area is 179 Å². The number of hydrogen-bond donors (Lipinski definition) is 3. The molecule has 1 aromatic carbocycles. The van der Waals surface area contributed by atoms with Crippen molar-refractivity contribution in [3.8, 4) is 11.5 Å². The molecule has 30 heavy (non-hydrogen) atoms. The number of nitrogens with two attached hydrogens (primary N) is 1. The Morgan fingerprint density at radius 1 is 1.10 bits per heavy atom. The Morgan fingerprint density at radius 2 is 1.67 bits per heavy atom. The summed E-state index contributed by atoms with van der Waals surface area (Å²) >= 11 is 0. The van der Waals surface area contributed by atoms with E-state index >= 15 is 0 Å². The monoisotopic (exact) mass is 433 g/mol. The number of nitrogens with one attached hydrogen (secondary N) is 2. The van der Waals surface area contributed by atoms with Crippen molar-refractivity contribution in [2.45, 2.75) is 70.8 Å². The average Bonchev–Trinajstić information content (AvgIpc) is 2.60. The van der Waals surface area contributed by atoms with Crippen LogP contribution in [0.1, 0.15) is 39.7 Å². The van der Waals surface area contributed by atoms with Gasteiger partial charge in [0.15, 0.2) is 0 Å². The predicted molar refractivity (Wildman–Crippen MR) is 118 cm³/mol. The lowest BCUT2D eigenvalue weighted by Gasteiger charge is -2.31. The summed E-state index contributed by atoms with van der Waals surface area (Å²) in [5.41, 5.74) is 9.41. The molecule has 164 valence electrons. The molecule has 0 heterocycles. The van der Waals surface area contributed by atoms with Crippen LogP contribution in [0.15, 0.2) is 24.3 Å². The molecular weight excluding hydrogens is 401 g/mol. The van der Waals surface area contributed by atoms with E-state index in [1.165, 1.54) is 31.2 Å². The smallest absolute Gasteiger partial charge is 0.243 e. The van der Waals surface area contributed by atoms with Crippen molar-refractivity contribution >= 4 is 25.8 Å². The van der Waals surface area contributed by atoms with Crippen LogP contribution in [0.25, 0.3) is 0 Å². The molecule has 0 fully saturated rings. The molecule has 0 aliphatic carbocycles. The molecule has 0 radical (unpaired) electrons. The van der Waals surface area contributed by atoms with E-state index in [1.807, 2.05) is 0 Å². The third-order valence-corrected chi connectivity index (χ3v) is 9.84. The zero-order valence-corrected chi connectivity index (χ0v) is 19.6. The van der Waals surface area contributed by atoms with Crippen molar-refractivity contribution < 1.29 is 18.8 Å². The highest BCUT2D eigenvalue weighted by Crippen LogP contribution is 2.35. The van der Waals surface area contributed by atoms with Crippen LogP contribution in [0, 0.1) is 17.3 Å². The van der Waals surface area contributed by atoms with E-state index in [1.54, 1.807) is 0 Å². The van der Waals surface area contributed by atoms with Crippen molar-refractivity contribution in [1.29, 1.82) is 0 Å². The van der Waals surface area contributed by atoms with Gasteiger partial charge in [-0.3, -0.25) is 14.4 Å². The van der Waals surface area contributed by atoms with Crippen molar-refractivity contribution in [3.05, 3.63) is 35.6 Å². The van der Waals surface area contributed by atoms with E-state index < -0.39 is 43.7 Å². The maximum absolute atomic E-state index is 13.1. The molecular formula is C22H32FN3O3Si. The van der Waals surface area contributed by atoms with Crippen LogP contribution in [0.3, 0.4) is 0 Å². The molecule has 1 aromatic rings. The van der Waals surface area contributed by atoms with Gasteiger partial charge in [-0.2, -0.15) is 0 Å². The highest BCUT2D eigenvalue weighted by atomic mass is 28.3. The SMILES string of the molecule is CC(=O)N[C@H](Cc1ccc(F)cc1)C(=O)N[C@H](CC#C[Si](C)(C)C(C)(C)C)C(N)=O. The standard InChI is InChI=1S/C22H32FN3O3Si/c1-15(27)25-19(14-16-9-11-17(23)12-10-16)21(29)26-18(20(24)28)8-7-13-30(5,6)22(2,3)4/h9-12,18-19H,8,14H2,1-6H3,(H2,24,28)(H,25,27)(H,26,29)/t18-,19-/m1/s1. The van der Waals surface area contributed by atoms with Gasteiger partial charge in [0.05, 0.1) is 0 Å². The zero-order valence-electron chi connectivity index (χ0n) is 18.6. The van der Waals surface area contributed by atoms with Crippen LogP contribution >= 0.6 is 0 Å². The van der Waals surface area contributed by atoms with Gasteiger partial charge in [-0.15, -0.1) is 11.5 Å². The Kier molecular flexibility index (Phi) is 8.79. The number of carbonyl (C=O) groups is 3. The molecule has 8 heteroatoms. The molecule has 0 aliphatic heterocycles. The maximum Gasteiger partial charge on any atom is 0.243 e. The Morgan fingerprint density at radius 3 is 2.13 bits per heavy atom. The molecule has 0 unspecified atom stereocenters. The van der Waals surface area contributed by atoms with E-state index in [9.17, 15) is 18.8 Å². The lowest BCUT2D eigenvalue weighted by Crippen LogP contribution is -2.53. The number of hydrogen-bond acceptors (Lipinski definition) is 3. The van der Waals surface area contributed by atoms with E-state index in [2.05, 4.69) is 56.0 Å². The minimum atomic E-state index is -1.86. The molecule has 0 aromatic heterocycles.